The van der Waals surface area contributed by atoms with Gasteiger partial charge in [-0.25, -0.2) is 0 Å². The lowest BCUT2D eigenvalue weighted by Crippen LogP contribution is -2.15. The molecule has 0 fully saturated rings. The van der Waals surface area contributed by atoms with Crippen LogP contribution in [0, 0.1) is 6.92 Å². The number of nitrogens with zero attached hydrogens (tertiary/aromatic N) is 1. The van der Waals surface area contributed by atoms with Gasteiger partial charge in [-0.1, -0.05) is 48.5 Å². The Labute approximate surface area is 119 Å². The van der Waals surface area contributed by atoms with Crippen LogP contribution < -0.4 is 5.73 Å². The molecule has 0 saturated heterocycles. The van der Waals surface area contributed by atoms with Gasteiger partial charge in [0.1, 0.15) is 0 Å². The van der Waals surface area contributed by atoms with E-state index in [1.165, 1.54) is 27.7 Å². The topological polar surface area (TPSA) is 30.9 Å². The van der Waals surface area contributed by atoms with Gasteiger partial charge >= 0.3 is 0 Å². The van der Waals surface area contributed by atoms with Crippen molar-refractivity contribution in [2.24, 2.45) is 12.8 Å². The van der Waals surface area contributed by atoms with E-state index in [0.717, 1.165) is 6.42 Å². The summed E-state index contributed by atoms with van der Waals surface area (Å²) in [5, 5.41) is 1.32. The molecule has 0 saturated carbocycles. The summed E-state index contributed by atoms with van der Waals surface area (Å²) in [5.41, 5.74) is 11.5. The van der Waals surface area contributed by atoms with Gasteiger partial charge in [-0.05, 0) is 24.1 Å². The molecule has 102 valence electrons. The molecule has 20 heavy (non-hydrogen) atoms. The van der Waals surface area contributed by atoms with Crippen molar-refractivity contribution in [2.75, 3.05) is 0 Å². The first kappa shape index (κ1) is 12.9. The van der Waals surface area contributed by atoms with E-state index in [1.54, 1.807) is 0 Å². The fraction of sp³-hybridized carbons (Fsp3) is 0.222. The third-order valence-electron chi connectivity index (χ3n) is 4.15. The summed E-state index contributed by atoms with van der Waals surface area (Å²) in [4.78, 5) is 0. The van der Waals surface area contributed by atoms with Gasteiger partial charge in [0.15, 0.2) is 0 Å². The number of hydrogen-bond acceptors (Lipinski definition) is 1. The molecule has 3 aromatic rings. The standard InChI is InChI=1S/C18H20N2/c1-13-15-10-6-7-11-17(15)20(2)18(13)12-16(19)14-8-4-3-5-9-14/h3-11,16H,12,19H2,1-2H3. The van der Waals surface area contributed by atoms with E-state index in [4.69, 9.17) is 5.73 Å². The number of para-hydroxylation sites is 1. The van der Waals surface area contributed by atoms with Gasteiger partial charge in [0.05, 0.1) is 0 Å². The van der Waals surface area contributed by atoms with E-state index in [1.807, 2.05) is 18.2 Å². The first-order valence-corrected chi connectivity index (χ1v) is 7.02. The quantitative estimate of drug-likeness (QED) is 0.767. The smallest absolute Gasteiger partial charge is 0.0482 e. The van der Waals surface area contributed by atoms with Crippen molar-refractivity contribution in [3.05, 3.63) is 71.4 Å². The SMILES string of the molecule is Cc1c(CC(N)c2ccccc2)n(C)c2ccccc12. The van der Waals surface area contributed by atoms with Crippen LogP contribution in [-0.2, 0) is 13.5 Å². The summed E-state index contributed by atoms with van der Waals surface area (Å²) < 4.78 is 2.27. The van der Waals surface area contributed by atoms with Crippen molar-refractivity contribution in [2.45, 2.75) is 19.4 Å². The van der Waals surface area contributed by atoms with Crippen LogP contribution in [0.2, 0.25) is 0 Å². The van der Waals surface area contributed by atoms with Crippen LogP contribution >= 0.6 is 0 Å². The van der Waals surface area contributed by atoms with Crippen molar-refractivity contribution >= 4 is 10.9 Å². The van der Waals surface area contributed by atoms with Gasteiger partial charge < -0.3 is 10.3 Å². The zero-order valence-electron chi connectivity index (χ0n) is 12.0. The molecular weight excluding hydrogens is 244 g/mol. The van der Waals surface area contributed by atoms with Crippen molar-refractivity contribution in [3.63, 3.8) is 0 Å². The van der Waals surface area contributed by atoms with E-state index in [0.29, 0.717) is 0 Å². The predicted molar refractivity (Wildman–Crippen MR) is 84.7 cm³/mol. The molecule has 2 N–H and O–H groups in total. The van der Waals surface area contributed by atoms with Crippen molar-refractivity contribution in [1.82, 2.24) is 4.57 Å². The summed E-state index contributed by atoms with van der Waals surface area (Å²) in [6.07, 6.45) is 0.862. The second-order valence-corrected chi connectivity index (χ2v) is 5.37. The Morgan fingerprint density at radius 3 is 2.35 bits per heavy atom. The highest BCUT2D eigenvalue weighted by atomic mass is 15.0. The van der Waals surface area contributed by atoms with Crippen LogP contribution in [0.1, 0.15) is 22.9 Å². The summed E-state index contributed by atoms with van der Waals surface area (Å²) in [6, 6.07) is 18.9. The molecule has 2 nitrogen and oxygen atoms in total. The zero-order valence-corrected chi connectivity index (χ0v) is 12.0. The van der Waals surface area contributed by atoms with Crippen molar-refractivity contribution < 1.29 is 0 Å². The third kappa shape index (κ3) is 2.12. The van der Waals surface area contributed by atoms with Crippen LogP contribution in [0.15, 0.2) is 54.6 Å². The van der Waals surface area contributed by atoms with Gasteiger partial charge in [0.25, 0.3) is 0 Å². The molecule has 1 aromatic heterocycles. The highest BCUT2D eigenvalue weighted by molar-refractivity contribution is 5.85. The Morgan fingerprint density at radius 2 is 1.65 bits per heavy atom. The highest BCUT2D eigenvalue weighted by Gasteiger charge is 2.15. The Hall–Kier alpha value is -2.06. The molecule has 0 amide bonds. The lowest BCUT2D eigenvalue weighted by atomic mass is 10.0. The normalized spacial score (nSPS) is 12.8. The van der Waals surface area contributed by atoms with Gasteiger partial charge in [-0.3, -0.25) is 0 Å². The zero-order chi connectivity index (χ0) is 14.1. The van der Waals surface area contributed by atoms with Crippen molar-refractivity contribution in [3.8, 4) is 0 Å². The molecule has 0 aliphatic rings. The molecule has 2 heteroatoms. The summed E-state index contributed by atoms with van der Waals surface area (Å²) >= 11 is 0. The Balaban J connectivity index is 1.99. The number of aromatic nitrogens is 1. The van der Waals surface area contributed by atoms with Crippen LogP contribution in [0.5, 0.6) is 0 Å². The fourth-order valence-electron chi connectivity index (χ4n) is 2.95. The Morgan fingerprint density at radius 1 is 1.00 bits per heavy atom. The number of hydrogen-bond donors (Lipinski definition) is 1. The molecule has 0 spiro atoms. The minimum Gasteiger partial charge on any atom is -0.347 e. The molecule has 0 aliphatic heterocycles. The van der Waals surface area contributed by atoms with Crippen LogP contribution in [0.4, 0.5) is 0 Å². The maximum atomic E-state index is 6.37. The second-order valence-electron chi connectivity index (χ2n) is 5.37. The van der Waals surface area contributed by atoms with Gasteiger partial charge in [-0.15, -0.1) is 0 Å². The minimum atomic E-state index is 0.0397. The summed E-state index contributed by atoms with van der Waals surface area (Å²) in [5.74, 6) is 0. The first-order chi connectivity index (χ1) is 9.68. The van der Waals surface area contributed by atoms with Crippen molar-refractivity contribution in [1.29, 1.82) is 0 Å². The maximum Gasteiger partial charge on any atom is 0.0482 e. The molecule has 0 aliphatic carbocycles. The summed E-state index contributed by atoms with van der Waals surface area (Å²) in [7, 11) is 2.13. The highest BCUT2D eigenvalue weighted by Crippen LogP contribution is 2.27. The molecule has 0 radical (unpaired) electrons. The van der Waals surface area contributed by atoms with Crippen LogP contribution in [0.3, 0.4) is 0 Å². The molecule has 1 heterocycles. The molecule has 0 bridgehead atoms. The maximum absolute atomic E-state index is 6.37. The second kappa shape index (κ2) is 5.14. The number of aryl methyl sites for hydroxylation is 2. The largest absolute Gasteiger partial charge is 0.347 e. The molecule has 2 aromatic carbocycles. The van der Waals surface area contributed by atoms with Crippen LogP contribution in [0.25, 0.3) is 10.9 Å². The van der Waals surface area contributed by atoms with Crippen LogP contribution in [-0.4, -0.2) is 4.57 Å². The molecule has 1 unspecified atom stereocenters. The number of benzene rings is 2. The van der Waals surface area contributed by atoms with Gasteiger partial charge in [0.2, 0.25) is 0 Å². The predicted octanol–water partition coefficient (Wildman–Crippen LogP) is 3.73. The van der Waals surface area contributed by atoms with Gasteiger partial charge in [0, 0.05) is 36.1 Å². The molecule has 3 rings (SSSR count). The monoisotopic (exact) mass is 264 g/mol. The number of rotatable bonds is 3. The van der Waals surface area contributed by atoms with E-state index >= 15 is 0 Å². The fourth-order valence-corrected chi connectivity index (χ4v) is 2.95. The average Bonchev–Trinajstić information content (AvgIpc) is 2.74. The van der Waals surface area contributed by atoms with E-state index < -0.39 is 0 Å². The van der Waals surface area contributed by atoms with E-state index in [2.05, 4.69) is 54.9 Å². The first-order valence-electron chi connectivity index (χ1n) is 7.02. The third-order valence-corrected chi connectivity index (χ3v) is 4.15. The molecule has 1 atom stereocenters. The van der Waals surface area contributed by atoms with E-state index in [-0.39, 0.29) is 6.04 Å². The average molecular weight is 264 g/mol. The lowest BCUT2D eigenvalue weighted by molar-refractivity contribution is 0.679. The van der Waals surface area contributed by atoms with E-state index in [9.17, 15) is 0 Å². The summed E-state index contributed by atoms with van der Waals surface area (Å²) in [6.45, 7) is 2.19. The van der Waals surface area contributed by atoms with Gasteiger partial charge in [-0.2, -0.15) is 0 Å². The Bertz CT molecular complexity index is 687. The minimum absolute atomic E-state index is 0.0397. The Kier molecular flexibility index (Phi) is 3.33. The number of fused-ring (bicyclic) bond motifs is 1. The number of nitrogens with two attached hydrogens (primary N) is 1. The lowest BCUT2D eigenvalue weighted by Gasteiger charge is -2.14. The molecular formula is C18H20N2.